The van der Waals surface area contributed by atoms with Gasteiger partial charge in [0.05, 0.1) is 29.6 Å². The molecule has 6 rings (SSSR count). The molecule has 0 saturated heterocycles. The molecule has 0 spiro atoms. The monoisotopic (exact) mass is 457 g/mol. The number of nitrogens with zero attached hydrogens (tertiary/aromatic N) is 6. The van der Waals surface area contributed by atoms with Crippen LogP contribution in [0, 0.1) is 19.7 Å². The molecule has 0 fully saturated rings. The van der Waals surface area contributed by atoms with Crippen molar-refractivity contribution in [1.29, 1.82) is 0 Å². The van der Waals surface area contributed by atoms with Crippen molar-refractivity contribution in [3.05, 3.63) is 82.0 Å². The Hall–Kier alpha value is -3.98. The van der Waals surface area contributed by atoms with Crippen LogP contribution in [0.1, 0.15) is 16.8 Å². The lowest BCUT2D eigenvalue weighted by molar-refractivity contribution is 0.475. The highest BCUT2D eigenvalue weighted by atomic mass is 19.1. The van der Waals surface area contributed by atoms with Crippen LogP contribution >= 0.6 is 0 Å². The highest BCUT2D eigenvalue weighted by Gasteiger charge is 2.25. The van der Waals surface area contributed by atoms with Gasteiger partial charge in [-0.2, -0.15) is 10.2 Å². The van der Waals surface area contributed by atoms with E-state index in [2.05, 4.69) is 10.4 Å². The first-order valence-corrected chi connectivity index (χ1v) is 11.2. The number of rotatable bonds is 3. The second-order valence-corrected chi connectivity index (χ2v) is 8.80. The molecule has 172 valence electrons. The number of halogens is 1. The molecule has 0 unspecified atom stereocenters. The molecule has 9 heteroatoms. The summed E-state index contributed by atoms with van der Waals surface area (Å²) in [6.07, 6.45) is 5.33. The van der Waals surface area contributed by atoms with Crippen molar-refractivity contribution in [2.24, 2.45) is 7.05 Å². The van der Waals surface area contributed by atoms with Crippen LogP contribution in [0.3, 0.4) is 0 Å². The van der Waals surface area contributed by atoms with Crippen molar-refractivity contribution in [3.8, 4) is 22.6 Å². The van der Waals surface area contributed by atoms with E-state index in [4.69, 9.17) is 5.10 Å². The van der Waals surface area contributed by atoms with Gasteiger partial charge < -0.3 is 5.32 Å². The molecule has 1 aliphatic heterocycles. The first-order chi connectivity index (χ1) is 16.4. The third kappa shape index (κ3) is 3.04. The highest BCUT2D eigenvalue weighted by molar-refractivity contribution is 5.81. The van der Waals surface area contributed by atoms with Gasteiger partial charge in [0, 0.05) is 43.5 Å². The van der Waals surface area contributed by atoms with Gasteiger partial charge in [-0.05, 0) is 55.3 Å². The van der Waals surface area contributed by atoms with E-state index in [0.29, 0.717) is 29.9 Å². The lowest BCUT2D eigenvalue weighted by Crippen LogP contribution is -2.30. The van der Waals surface area contributed by atoms with E-state index in [1.165, 1.54) is 0 Å². The lowest BCUT2D eigenvalue weighted by Gasteiger charge is -2.16. The molecule has 4 heterocycles. The number of imidazole rings is 1. The number of hydrogen-bond donors (Lipinski definition) is 1. The molecule has 34 heavy (non-hydrogen) atoms. The number of hydrogen-bond acceptors (Lipinski definition) is 4. The summed E-state index contributed by atoms with van der Waals surface area (Å²) in [4.78, 5) is 13.7. The largest absolute Gasteiger partial charge is 0.337 e. The Morgan fingerprint density at radius 1 is 1.06 bits per heavy atom. The van der Waals surface area contributed by atoms with Crippen LogP contribution in [-0.2, 0) is 20.1 Å². The quantitative estimate of drug-likeness (QED) is 0.451. The standard InChI is InChI=1S/C25H24FN7O/c1-15-10-17(11-16(2)22(15)26)23-24(21-14-27-6-7-33(21)29-23)32-9-8-31(25(32)34)19-4-5-20-18(12-19)13-28-30(20)3/h4-5,8-13,27H,6-7,14H2,1-3H3. The van der Waals surface area contributed by atoms with E-state index >= 15 is 0 Å². The van der Waals surface area contributed by atoms with Crippen LogP contribution in [0.15, 0.2) is 53.7 Å². The van der Waals surface area contributed by atoms with Gasteiger partial charge in [0.1, 0.15) is 17.2 Å². The molecule has 0 amide bonds. The summed E-state index contributed by atoms with van der Waals surface area (Å²) in [7, 11) is 1.89. The molecular weight excluding hydrogens is 433 g/mol. The molecule has 1 aliphatic rings. The fourth-order valence-electron chi connectivity index (χ4n) is 4.81. The van der Waals surface area contributed by atoms with Crippen molar-refractivity contribution in [2.75, 3.05) is 6.54 Å². The smallest absolute Gasteiger partial charge is 0.309 e. The molecule has 1 N–H and O–H groups in total. The Morgan fingerprint density at radius 2 is 1.82 bits per heavy atom. The van der Waals surface area contributed by atoms with Gasteiger partial charge in [0.15, 0.2) is 0 Å². The Morgan fingerprint density at radius 3 is 2.62 bits per heavy atom. The summed E-state index contributed by atoms with van der Waals surface area (Å²) >= 11 is 0. The van der Waals surface area contributed by atoms with Crippen molar-refractivity contribution in [1.82, 2.24) is 34.0 Å². The van der Waals surface area contributed by atoms with E-state index in [1.54, 1.807) is 58.4 Å². The summed E-state index contributed by atoms with van der Waals surface area (Å²) in [5.74, 6) is -0.218. The number of benzene rings is 2. The SMILES string of the molecule is Cc1cc(-c2nn3c(c2-n2ccn(-c4ccc5c(cnn5C)c4)c2=O)CNCC3)cc(C)c1F. The van der Waals surface area contributed by atoms with Gasteiger partial charge in [0.2, 0.25) is 0 Å². The second-order valence-electron chi connectivity index (χ2n) is 8.80. The van der Waals surface area contributed by atoms with Crippen molar-refractivity contribution in [2.45, 2.75) is 26.9 Å². The Balaban J connectivity index is 1.54. The molecule has 0 saturated carbocycles. The first kappa shape index (κ1) is 20.6. The van der Waals surface area contributed by atoms with E-state index in [9.17, 15) is 9.18 Å². The Kier molecular flexibility index (Phi) is 4.56. The fourth-order valence-corrected chi connectivity index (χ4v) is 4.81. The molecule has 5 aromatic rings. The predicted molar refractivity (Wildman–Crippen MR) is 128 cm³/mol. The molecule has 3 aromatic heterocycles. The average Bonchev–Trinajstić information content (AvgIpc) is 3.51. The average molecular weight is 458 g/mol. The number of nitrogens with one attached hydrogen (secondary N) is 1. The van der Waals surface area contributed by atoms with Crippen LogP contribution in [0.25, 0.3) is 33.5 Å². The maximum absolute atomic E-state index is 14.3. The zero-order valence-electron chi connectivity index (χ0n) is 19.2. The molecule has 0 bridgehead atoms. The van der Waals surface area contributed by atoms with Gasteiger partial charge in [-0.3, -0.25) is 18.5 Å². The van der Waals surface area contributed by atoms with E-state index < -0.39 is 0 Å². The van der Waals surface area contributed by atoms with Crippen molar-refractivity contribution < 1.29 is 4.39 Å². The van der Waals surface area contributed by atoms with Crippen LogP contribution in [0.4, 0.5) is 4.39 Å². The van der Waals surface area contributed by atoms with E-state index in [0.717, 1.165) is 40.1 Å². The summed E-state index contributed by atoms with van der Waals surface area (Å²) in [6, 6.07) is 9.43. The van der Waals surface area contributed by atoms with E-state index in [1.807, 2.05) is 29.9 Å². The topological polar surface area (TPSA) is 74.6 Å². The maximum Gasteiger partial charge on any atom is 0.337 e. The maximum atomic E-state index is 14.3. The highest BCUT2D eigenvalue weighted by Crippen LogP contribution is 2.32. The fraction of sp³-hybridized carbons (Fsp3) is 0.240. The van der Waals surface area contributed by atoms with Crippen molar-refractivity contribution >= 4 is 10.9 Å². The van der Waals surface area contributed by atoms with Crippen LogP contribution < -0.4 is 11.0 Å². The minimum absolute atomic E-state index is 0.193. The van der Waals surface area contributed by atoms with Gasteiger partial charge in [-0.15, -0.1) is 0 Å². The van der Waals surface area contributed by atoms with Gasteiger partial charge in [0.25, 0.3) is 0 Å². The molecule has 8 nitrogen and oxygen atoms in total. The Bertz CT molecular complexity index is 1610. The zero-order valence-corrected chi connectivity index (χ0v) is 19.2. The number of fused-ring (bicyclic) bond motifs is 2. The molecule has 0 aliphatic carbocycles. The predicted octanol–water partition coefficient (Wildman–Crippen LogP) is 3.24. The molecular formula is C25H24FN7O. The minimum atomic E-state index is -0.218. The third-order valence-corrected chi connectivity index (χ3v) is 6.56. The summed E-state index contributed by atoms with van der Waals surface area (Å²) in [5, 5.41) is 13.5. The van der Waals surface area contributed by atoms with Crippen LogP contribution in [0.2, 0.25) is 0 Å². The van der Waals surface area contributed by atoms with Crippen LogP contribution in [0.5, 0.6) is 0 Å². The molecule has 0 radical (unpaired) electrons. The van der Waals surface area contributed by atoms with Gasteiger partial charge in [-0.1, -0.05) is 0 Å². The number of aromatic nitrogens is 6. The van der Waals surface area contributed by atoms with Gasteiger partial charge in [-0.25, -0.2) is 9.18 Å². The summed E-state index contributed by atoms with van der Waals surface area (Å²) in [5.41, 5.74) is 5.81. The van der Waals surface area contributed by atoms with Gasteiger partial charge >= 0.3 is 5.69 Å². The molecule has 2 aromatic carbocycles. The summed E-state index contributed by atoms with van der Waals surface area (Å²) in [6.45, 7) is 5.60. The second kappa shape index (κ2) is 7.53. The lowest BCUT2D eigenvalue weighted by atomic mass is 10.0. The van der Waals surface area contributed by atoms with Crippen LogP contribution in [-0.4, -0.2) is 35.2 Å². The summed E-state index contributed by atoms with van der Waals surface area (Å²) < 4.78 is 21.4. The third-order valence-electron chi connectivity index (χ3n) is 6.56. The zero-order chi connectivity index (χ0) is 23.6. The first-order valence-electron chi connectivity index (χ1n) is 11.2. The Labute approximate surface area is 194 Å². The van der Waals surface area contributed by atoms with E-state index in [-0.39, 0.29) is 11.5 Å². The minimum Gasteiger partial charge on any atom is -0.309 e. The van der Waals surface area contributed by atoms with Crippen molar-refractivity contribution in [3.63, 3.8) is 0 Å². The normalized spacial score (nSPS) is 13.5. The number of aryl methyl sites for hydroxylation is 3. The molecule has 0 atom stereocenters.